The second-order valence-electron chi connectivity index (χ2n) is 8.28. The van der Waals surface area contributed by atoms with E-state index in [0.717, 1.165) is 6.07 Å². The summed E-state index contributed by atoms with van der Waals surface area (Å²) < 4.78 is 26.8. The molecule has 30 heavy (non-hydrogen) atoms. The van der Waals surface area contributed by atoms with E-state index in [2.05, 4.69) is 10.3 Å². The molecule has 1 saturated carbocycles. The van der Waals surface area contributed by atoms with Gasteiger partial charge in [-0.2, -0.15) is 0 Å². The molecule has 0 atom stereocenters. The molecule has 3 rings (SSSR count). The third kappa shape index (κ3) is 4.15. The van der Waals surface area contributed by atoms with E-state index >= 15 is 4.39 Å². The largest absolute Gasteiger partial charge is 0.462 e. The number of esters is 1. The summed E-state index contributed by atoms with van der Waals surface area (Å²) in [7, 11) is 0. The summed E-state index contributed by atoms with van der Waals surface area (Å²) in [5.74, 6) is -1.49. The van der Waals surface area contributed by atoms with E-state index in [9.17, 15) is 14.4 Å². The molecule has 0 spiro atoms. The lowest BCUT2D eigenvalue weighted by Crippen LogP contribution is -2.40. The Labute approximate surface area is 173 Å². The number of rotatable bonds is 5. The van der Waals surface area contributed by atoms with Crippen LogP contribution in [0.5, 0.6) is 0 Å². The molecule has 2 heterocycles. The van der Waals surface area contributed by atoms with Crippen LogP contribution in [0.1, 0.15) is 63.5 Å². The van der Waals surface area contributed by atoms with Crippen molar-refractivity contribution < 1.29 is 23.5 Å². The van der Waals surface area contributed by atoms with Gasteiger partial charge in [-0.1, -0.05) is 0 Å². The summed E-state index contributed by atoms with van der Waals surface area (Å²) in [6.45, 7) is 9.18. The smallest absolute Gasteiger partial charge is 0.408 e. The molecule has 0 saturated heterocycles. The first kappa shape index (κ1) is 21.7. The lowest BCUT2D eigenvalue weighted by atomic mass is 10.1. The number of pyridine rings is 2. The molecule has 0 aromatic carbocycles. The summed E-state index contributed by atoms with van der Waals surface area (Å²) in [4.78, 5) is 41.5. The van der Waals surface area contributed by atoms with Crippen LogP contribution in [0.4, 0.5) is 9.18 Å². The Morgan fingerprint density at radius 2 is 1.97 bits per heavy atom. The molecule has 8 nitrogen and oxygen atoms in total. The Bertz CT molecular complexity index is 1070. The van der Waals surface area contributed by atoms with Gasteiger partial charge in [-0.25, -0.2) is 19.0 Å². The number of carbonyl (C=O) groups excluding carboxylic acids is 2. The molecule has 2 aromatic rings. The number of hydrogen-bond donors (Lipinski definition) is 1. The zero-order valence-corrected chi connectivity index (χ0v) is 17.8. The molecule has 0 radical (unpaired) electrons. The van der Waals surface area contributed by atoms with Crippen molar-refractivity contribution in [3.63, 3.8) is 0 Å². The third-order valence-corrected chi connectivity index (χ3v) is 4.78. The predicted octanol–water partition coefficient (Wildman–Crippen LogP) is 3.25. The third-order valence-electron chi connectivity index (χ3n) is 4.78. The SMILES string of the molecule is CCOC(=O)c1cn(CC)c2nc(C3(NC(=O)OC(C)(C)C)CC3)c(F)cc2c1=O. The van der Waals surface area contributed by atoms with Crippen molar-refractivity contribution in [2.75, 3.05) is 6.61 Å². The van der Waals surface area contributed by atoms with Crippen LogP contribution in [-0.2, 0) is 21.6 Å². The molecule has 0 unspecified atom stereocenters. The van der Waals surface area contributed by atoms with Gasteiger partial charge in [0.2, 0.25) is 5.43 Å². The maximum Gasteiger partial charge on any atom is 0.408 e. The minimum Gasteiger partial charge on any atom is -0.462 e. The van der Waals surface area contributed by atoms with E-state index in [1.165, 1.54) is 6.20 Å². The van der Waals surface area contributed by atoms with Crippen LogP contribution < -0.4 is 10.7 Å². The molecule has 0 bridgehead atoms. The van der Waals surface area contributed by atoms with E-state index in [-0.39, 0.29) is 28.9 Å². The number of alkyl carbamates (subject to hydrolysis) is 1. The summed E-state index contributed by atoms with van der Waals surface area (Å²) >= 11 is 0. The van der Waals surface area contributed by atoms with Crippen LogP contribution in [0.15, 0.2) is 17.1 Å². The summed E-state index contributed by atoms with van der Waals surface area (Å²) in [5.41, 5.74) is -2.20. The van der Waals surface area contributed by atoms with Gasteiger partial charge in [-0.15, -0.1) is 0 Å². The molecule has 1 N–H and O–H groups in total. The number of hydrogen-bond acceptors (Lipinski definition) is 6. The Morgan fingerprint density at radius 1 is 1.30 bits per heavy atom. The van der Waals surface area contributed by atoms with Gasteiger partial charge in [0.15, 0.2) is 0 Å². The molecule has 9 heteroatoms. The first-order valence-electron chi connectivity index (χ1n) is 9.93. The molecule has 0 aliphatic heterocycles. The number of nitrogens with one attached hydrogen (secondary N) is 1. The fraction of sp³-hybridized carbons (Fsp3) is 0.524. The van der Waals surface area contributed by atoms with Gasteiger partial charge in [-0.05, 0) is 53.5 Å². The van der Waals surface area contributed by atoms with Gasteiger partial charge in [0.05, 0.1) is 17.5 Å². The monoisotopic (exact) mass is 419 g/mol. The van der Waals surface area contributed by atoms with Gasteiger partial charge >= 0.3 is 12.1 Å². The Kier molecular flexibility index (Phi) is 5.58. The number of ether oxygens (including phenoxy) is 2. The number of amides is 1. The van der Waals surface area contributed by atoms with E-state index in [0.29, 0.717) is 19.4 Å². The average molecular weight is 419 g/mol. The topological polar surface area (TPSA) is 99.5 Å². The molecular weight excluding hydrogens is 393 g/mol. The van der Waals surface area contributed by atoms with Crippen molar-refractivity contribution in [2.45, 2.75) is 65.1 Å². The average Bonchev–Trinajstić information content (AvgIpc) is 3.40. The quantitative estimate of drug-likeness (QED) is 0.747. The van der Waals surface area contributed by atoms with Gasteiger partial charge in [0, 0.05) is 12.7 Å². The number of aryl methyl sites for hydroxylation is 1. The molecule has 1 aliphatic carbocycles. The van der Waals surface area contributed by atoms with Crippen LogP contribution in [0.3, 0.4) is 0 Å². The summed E-state index contributed by atoms with van der Waals surface area (Å²) in [5, 5.41) is 2.70. The number of nitrogens with zero attached hydrogens (tertiary/aromatic N) is 2. The van der Waals surface area contributed by atoms with Crippen LogP contribution in [-0.4, -0.2) is 33.8 Å². The predicted molar refractivity (Wildman–Crippen MR) is 108 cm³/mol. The molecule has 162 valence electrons. The van der Waals surface area contributed by atoms with Crippen molar-refractivity contribution in [2.24, 2.45) is 0 Å². The highest BCUT2D eigenvalue weighted by molar-refractivity contribution is 5.93. The first-order valence-corrected chi connectivity index (χ1v) is 9.93. The zero-order chi connectivity index (χ0) is 22.3. The molecule has 1 aliphatic rings. The van der Waals surface area contributed by atoms with Gasteiger partial charge in [0.1, 0.15) is 28.3 Å². The highest BCUT2D eigenvalue weighted by atomic mass is 19.1. The second-order valence-corrected chi connectivity index (χ2v) is 8.28. The van der Waals surface area contributed by atoms with E-state index in [4.69, 9.17) is 9.47 Å². The van der Waals surface area contributed by atoms with Gasteiger partial charge in [-0.3, -0.25) is 4.79 Å². The molecule has 1 amide bonds. The van der Waals surface area contributed by atoms with Gasteiger partial charge < -0.3 is 19.4 Å². The molecule has 2 aromatic heterocycles. The highest BCUT2D eigenvalue weighted by Crippen LogP contribution is 2.46. The Balaban J connectivity index is 2.08. The fourth-order valence-corrected chi connectivity index (χ4v) is 3.26. The molecule has 1 fully saturated rings. The van der Waals surface area contributed by atoms with Crippen molar-refractivity contribution in [1.29, 1.82) is 0 Å². The Morgan fingerprint density at radius 3 is 2.50 bits per heavy atom. The van der Waals surface area contributed by atoms with Crippen LogP contribution in [0.2, 0.25) is 0 Å². The number of halogens is 1. The van der Waals surface area contributed by atoms with E-state index < -0.39 is 34.4 Å². The number of fused-ring (bicyclic) bond motifs is 1. The van der Waals surface area contributed by atoms with Gasteiger partial charge in [0.25, 0.3) is 0 Å². The van der Waals surface area contributed by atoms with Crippen LogP contribution in [0, 0.1) is 5.82 Å². The standard InChI is InChI=1S/C21H26FN3O5/c1-6-25-11-13(18(27)29-7-2)15(26)12-10-14(22)16(23-17(12)25)21(8-9-21)24-19(28)30-20(3,4)5/h10-11H,6-9H2,1-5H3,(H,24,28). The van der Waals surface area contributed by atoms with Crippen molar-refractivity contribution >= 4 is 23.1 Å². The summed E-state index contributed by atoms with van der Waals surface area (Å²) in [6, 6.07) is 1.08. The van der Waals surface area contributed by atoms with Crippen molar-refractivity contribution in [3.8, 4) is 0 Å². The minimum atomic E-state index is -0.977. The van der Waals surface area contributed by atoms with Crippen molar-refractivity contribution in [3.05, 3.63) is 39.6 Å². The molecular formula is C21H26FN3O5. The lowest BCUT2D eigenvalue weighted by Gasteiger charge is -2.23. The maximum atomic E-state index is 15.0. The lowest BCUT2D eigenvalue weighted by molar-refractivity contribution is 0.0489. The zero-order valence-electron chi connectivity index (χ0n) is 17.8. The normalized spacial score (nSPS) is 15.0. The first-order chi connectivity index (χ1) is 14.0. The van der Waals surface area contributed by atoms with Crippen LogP contribution >= 0.6 is 0 Å². The second kappa shape index (κ2) is 7.70. The highest BCUT2D eigenvalue weighted by Gasteiger charge is 2.50. The maximum absolute atomic E-state index is 15.0. The minimum absolute atomic E-state index is 0.0169. The van der Waals surface area contributed by atoms with Crippen LogP contribution in [0.25, 0.3) is 11.0 Å². The Hall–Kier alpha value is -2.97. The number of carbonyl (C=O) groups is 2. The number of aromatic nitrogens is 2. The summed E-state index contributed by atoms with van der Waals surface area (Å²) in [6.07, 6.45) is 1.71. The van der Waals surface area contributed by atoms with E-state index in [1.54, 1.807) is 32.3 Å². The fourth-order valence-electron chi connectivity index (χ4n) is 3.26. The van der Waals surface area contributed by atoms with Crippen molar-refractivity contribution in [1.82, 2.24) is 14.9 Å². The van der Waals surface area contributed by atoms with E-state index in [1.807, 2.05) is 6.92 Å².